The highest BCUT2D eigenvalue weighted by molar-refractivity contribution is 6.60. The third kappa shape index (κ3) is 2.76. The van der Waals surface area contributed by atoms with Crippen molar-refractivity contribution in [2.75, 3.05) is 4.90 Å². The molecule has 0 aromatic heterocycles. The normalized spacial score (nSPS) is 14.9. The second-order valence-electron chi connectivity index (χ2n) is 5.08. The van der Waals surface area contributed by atoms with Gasteiger partial charge in [0.2, 0.25) is 0 Å². The molecule has 3 nitrogen and oxygen atoms in total. The Morgan fingerprint density at radius 2 is 1.52 bits per heavy atom. The van der Waals surface area contributed by atoms with Gasteiger partial charge in [0, 0.05) is 10.0 Å². The maximum atomic E-state index is 12.7. The van der Waals surface area contributed by atoms with Crippen LogP contribution in [0.25, 0.3) is 5.57 Å². The standard InChI is InChI=1S/C17H10Cl3NO2/c1-9-2-7-12(8-13(9)19)21-16(22)14(15(20)17(21)23)10-3-5-11(18)6-4-10/h2-8H,1H3. The van der Waals surface area contributed by atoms with Crippen LogP contribution in [0, 0.1) is 6.92 Å². The molecular weight excluding hydrogens is 357 g/mol. The van der Waals surface area contributed by atoms with Gasteiger partial charge in [0.25, 0.3) is 11.8 Å². The maximum absolute atomic E-state index is 12.7. The SMILES string of the molecule is Cc1ccc(N2C(=O)C(Cl)=C(c3ccc(Cl)cc3)C2=O)cc1Cl. The van der Waals surface area contributed by atoms with Gasteiger partial charge in [0.1, 0.15) is 5.03 Å². The summed E-state index contributed by atoms with van der Waals surface area (Å²) in [4.78, 5) is 26.1. The monoisotopic (exact) mass is 365 g/mol. The molecule has 0 radical (unpaired) electrons. The van der Waals surface area contributed by atoms with Crippen LogP contribution in [-0.4, -0.2) is 11.8 Å². The van der Waals surface area contributed by atoms with E-state index in [0.29, 0.717) is 21.3 Å². The molecule has 2 aromatic carbocycles. The summed E-state index contributed by atoms with van der Waals surface area (Å²) in [5, 5.41) is 0.887. The van der Waals surface area contributed by atoms with E-state index in [1.54, 1.807) is 42.5 Å². The Hall–Kier alpha value is -1.81. The van der Waals surface area contributed by atoms with Crippen molar-refractivity contribution in [2.24, 2.45) is 0 Å². The highest BCUT2D eigenvalue weighted by Gasteiger charge is 2.39. The van der Waals surface area contributed by atoms with E-state index in [9.17, 15) is 9.59 Å². The van der Waals surface area contributed by atoms with Gasteiger partial charge in [-0.25, -0.2) is 4.90 Å². The first kappa shape index (κ1) is 16.1. The van der Waals surface area contributed by atoms with Crippen LogP contribution in [0.1, 0.15) is 11.1 Å². The lowest BCUT2D eigenvalue weighted by Crippen LogP contribution is -2.31. The van der Waals surface area contributed by atoms with E-state index < -0.39 is 11.8 Å². The lowest BCUT2D eigenvalue weighted by atomic mass is 10.1. The zero-order valence-electron chi connectivity index (χ0n) is 11.9. The summed E-state index contributed by atoms with van der Waals surface area (Å²) in [5.74, 6) is -1.05. The first-order valence-corrected chi connectivity index (χ1v) is 7.84. The third-order valence-electron chi connectivity index (χ3n) is 3.57. The number of aryl methyl sites for hydroxylation is 1. The topological polar surface area (TPSA) is 37.4 Å². The Kier molecular flexibility index (Phi) is 4.19. The zero-order valence-corrected chi connectivity index (χ0v) is 14.2. The third-order valence-corrected chi connectivity index (χ3v) is 4.58. The highest BCUT2D eigenvalue weighted by Crippen LogP contribution is 2.36. The van der Waals surface area contributed by atoms with Crippen molar-refractivity contribution in [1.82, 2.24) is 0 Å². The summed E-state index contributed by atoms with van der Waals surface area (Å²) in [6.07, 6.45) is 0. The fourth-order valence-electron chi connectivity index (χ4n) is 2.33. The Morgan fingerprint density at radius 3 is 2.13 bits per heavy atom. The van der Waals surface area contributed by atoms with Crippen molar-refractivity contribution in [3.8, 4) is 0 Å². The van der Waals surface area contributed by atoms with Gasteiger partial charge in [-0.15, -0.1) is 0 Å². The molecule has 0 fully saturated rings. The Bertz CT molecular complexity index is 857. The van der Waals surface area contributed by atoms with E-state index in [1.807, 2.05) is 6.92 Å². The number of rotatable bonds is 2. The van der Waals surface area contributed by atoms with Crippen molar-refractivity contribution in [2.45, 2.75) is 6.92 Å². The summed E-state index contributed by atoms with van der Waals surface area (Å²) in [7, 11) is 0. The molecule has 0 aliphatic carbocycles. The van der Waals surface area contributed by atoms with E-state index in [2.05, 4.69) is 0 Å². The molecule has 1 aliphatic heterocycles. The second kappa shape index (κ2) is 6.00. The minimum absolute atomic E-state index is 0.117. The molecule has 0 saturated carbocycles. The molecule has 0 atom stereocenters. The van der Waals surface area contributed by atoms with Crippen LogP contribution in [0.5, 0.6) is 0 Å². The van der Waals surface area contributed by atoms with E-state index >= 15 is 0 Å². The lowest BCUT2D eigenvalue weighted by Gasteiger charge is -2.15. The quantitative estimate of drug-likeness (QED) is 0.714. The minimum Gasteiger partial charge on any atom is -0.268 e. The summed E-state index contributed by atoms with van der Waals surface area (Å²) in [6, 6.07) is 11.5. The maximum Gasteiger partial charge on any atom is 0.277 e. The highest BCUT2D eigenvalue weighted by atomic mass is 35.5. The smallest absolute Gasteiger partial charge is 0.268 e. The van der Waals surface area contributed by atoms with Crippen LogP contribution in [0.2, 0.25) is 10.0 Å². The van der Waals surface area contributed by atoms with Crippen molar-refractivity contribution < 1.29 is 9.59 Å². The van der Waals surface area contributed by atoms with Crippen molar-refractivity contribution in [3.63, 3.8) is 0 Å². The average Bonchev–Trinajstić information content (AvgIpc) is 2.74. The van der Waals surface area contributed by atoms with Gasteiger partial charge in [-0.3, -0.25) is 9.59 Å². The molecule has 0 unspecified atom stereocenters. The molecule has 3 rings (SSSR count). The predicted octanol–water partition coefficient (Wildman–Crippen LogP) is 4.83. The minimum atomic E-state index is -0.568. The first-order valence-electron chi connectivity index (χ1n) is 6.71. The Morgan fingerprint density at radius 1 is 0.870 bits per heavy atom. The molecule has 0 N–H and O–H groups in total. The van der Waals surface area contributed by atoms with E-state index in [-0.39, 0.29) is 10.6 Å². The van der Waals surface area contributed by atoms with Crippen LogP contribution >= 0.6 is 34.8 Å². The van der Waals surface area contributed by atoms with Gasteiger partial charge in [-0.1, -0.05) is 53.0 Å². The molecule has 0 bridgehead atoms. The first-order chi connectivity index (χ1) is 10.9. The van der Waals surface area contributed by atoms with Crippen molar-refractivity contribution in [3.05, 3.63) is 68.7 Å². The molecule has 1 aliphatic rings. The second-order valence-corrected chi connectivity index (χ2v) is 6.30. The van der Waals surface area contributed by atoms with Gasteiger partial charge in [0.15, 0.2) is 0 Å². The molecule has 116 valence electrons. The molecule has 0 saturated heterocycles. The van der Waals surface area contributed by atoms with Gasteiger partial charge in [-0.2, -0.15) is 0 Å². The van der Waals surface area contributed by atoms with Crippen LogP contribution in [0.15, 0.2) is 47.5 Å². The number of nitrogens with zero attached hydrogens (tertiary/aromatic N) is 1. The van der Waals surface area contributed by atoms with Crippen LogP contribution in [0.4, 0.5) is 5.69 Å². The largest absolute Gasteiger partial charge is 0.277 e. The number of benzene rings is 2. The summed E-state index contributed by atoms with van der Waals surface area (Å²) in [6.45, 7) is 1.84. The van der Waals surface area contributed by atoms with Gasteiger partial charge in [-0.05, 0) is 42.3 Å². The Balaban J connectivity index is 2.05. The van der Waals surface area contributed by atoms with Crippen molar-refractivity contribution >= 4 is 57.9 Å². The lowest BCUT2D eigenvalue weighted by molar-refractivity contribution is -0.119. The number of hydrogen-bond acceptors (Lipinski definition) is 2. The average molecular weight is 367 g/mol. The summed E-state index contributed by atoms with van der Waals surface area (Å²) < 4.78 is 0. The summed E-state index contributed by atoms with van der Waals surface area (Å²) >= 11 is 18.1. The molecule has 23 heavy (non-hydrogen) atoms. The molecule has 2 amide bonds. The van der Waals surface area contributed by atoms with Gasteiger partial charge < -0.3 is 0 Å². The number of hydrogen-bond donors (Lipinski definition) is 0. The molecule has 0 spiro atoms. The van der Waals surface area contributed by atoms with Gasteiger partial charge in [0.05, 0.1) is 11.3 Å². The number of halogens is 3. The fourth-order valence-corrected chi connectivity index (χ4v) is 2.90. The predicted molar refractivity (Wildman–Crippen MR) is 92.9 cm³/mol. The number of carbonyl (C=O) groups is 2. The fraction of sp³-hybridized carbons (Fsp3) is 0.0588. The number of anilines is 1. The summed E-state index contributed by atoms with van der Waals surface area (Å²) in [5.41, 5.74) is 1.94. The van der Waals surface area contributed by atoms with Gasteiger partial charge >= 0.3 is 0 Å². The number of amides is 2. The van der Waals surface area contributed by atoms with E-state index in [4.69, 9.17) is 34.8 Å². The number of imide groups is 1. The molecule has 2 aromatic rings. The molecular formula is C17H10Cl3NO2. The van der Waals surface area contributed by atoms with Crippen molar-refractivity contribution in [1.29, 1.82) is 0 Å². The Labute approximate surface area is 148 Å². The zero-order chi connectivity index (χ0) is 16.7. The molecule has 6 heteroatoms. The van der Waals surface area contributed by atoms with E-state index in [1.165, 1.54) is 0 Å². The molecule has 1 heterocycles. The van der Waals surface area contributed by atoms with E-state index in [0.717, 1.165) is 10.5 Å². The van der Waals surface area contributed by atoms with Crippen LogP contribution in [0.3, 0.4) is 0 Å². The number of carbonyl (C=O) groups excluding carboxylic acids is 2. The van der Waals surface area contributed by atoms with Crippen LogP contribution < -0.4 is 4.90 Å². The van der Waals surface area contributed by atoms with Crippen LogP contribution in [-0.2, 0) is 9.59 Å².